The lowest BCUT2D eigenvalue weighted by Gasteiger charge is -2.10. The standard InChI is InChI=1S/C20H21ClN2O2S/c21-15-9-6-5-7-13(15)11-12-17(24)23-20-18(19(22)25)14-8-3-1-2-4-10-16(14)26-20/h5-7,9,11-12H,1-4,8,10H2,(H2,22,25)(H,23,24)/b12-11-. The molecule has 4 nitrogen and oxygen atoms in total. The predicted molar refractivity (Wildman–Crippen MR) is 108 cm³/mol. The van der Waals surface area contributed by atoms with E-state index < -0.39 is 5.91 Å². The van der Waals surface area contributed by atoms with Crippen LogP contribution >= 0.6 is 22.9 Å². The van der Waals surface area contributed by atoms with Gasteiger partial charge >= 0.3 is 0 Å². The summed E-state index contributed by atoms with van der Waals surface area (Å²) >= 11 is 7.57. The number of benzene rings is 1. The molecule has 0 saturated heterocycles. The van der Waals surface area contributed by atoms with E-state index >= 15 is 0 Å². The zero-order chi connectivity index (χ0) is 18.5. The van der Waals surface area contributed by atoms with Crippen molar-refractivity contribution >= 4 is 45.8 Å². The average molecular weight is 389 g/mol. The molecule has 0 spiro atoms. The number of rotatable bonds is 4. The maximum atomic E-state index is 12.3. The van der Waals surface area contributed by atoms with Gasteiger partial charge in [-0.1, -0.05) is 42.6 Å². The molecular weight excluding hydrogens is 368 g/mol. The van der Waals surface area contributed by atoms with Gasteiger partial charge in [0, 0.05) is 16.0 Å². The summed E-state index contributed by atoms with van der Waals surface area (Å²) in [6, 6.07) is 7.29. The fraction of sp³-hybridized carbons (Fsp3) is 0.300. The van der Waals surface area contributed by atoms with Gasteiger partial charge in [-0.25, -0.2) is 0 Å². The quantitative estimate of drug-likeness (QED) is 0.737. The summed E-state index contributed by atoms with van der Waals surface area (Å²) in [6.45, 7) is 0. The molecule has 1 aromatic carbocycles. The van der Waals surface area contributed by atoms with Crippen LogP contribution in [0, 0.1) is 0 Å². The molecule has 0 radical (unpaired) electrons. The van der Waals surface area contributed by atoms with E-state index in [4.69, 9.17) is 17.3 Å². The van der Waals surface area contributed by atoms with Gasteiger partial charge in [0.1, 0.15) is 5.00 Å². The highest BCUT2D eigenvalue weighted by molar-refractivity contribution is 7.17. The number of hydrogen-bond acceptors (Lipinski definition) is 3. The zero-order valence-corrected chi connectivity index (χ0v) is 16.0. The van der Waals surface area contributed by atoms with Gasteiger partial charge in [0.05, 0.1) is 5.56 Å². The smallest absolute Gasteiger partial charge is 0.251 e. The normalized spacial score (nSPS) is 14.5. The van der Waals surface area contributed by atoms with Crippen LogP contribution in [0.5, 0.6) is 0 Å². The van der Waals surface area contributed by atoms with E-state index in [1.165, 1.54) is 28.7 Å². The Balaban J connectivity index is 1.82. The monoisotopic (exact) mass is 388 g/mol. The van der Waals surface area contributed by atoms with Crippen molar-refractivity contribution in [3.63, 3.8) is 0 Å². The van der Waals surface area contributed by atoms with Gasteiger partial charge in [0.15, 0.2) is 0 Å². The number of carbonyl (C=O) groups is 2. The first-order valence-corrected chi connectivity index (χ1v) is 9.93. The van der Waals surface area contributed by atoms with Crippen molar-refractivity contribution in [1.29, 1.82) is 0 Å². The molecule has 26 heavy (non-hydrogen) atoms. The highest BCUT2D eigenvalue weighted by Gasteiger charge is 2.23. The van der Waals surface area contributed by atoms with Crippen molar-refractivity contribution in [2.24, 2.45) is 5.73 Å². The third kappa shape index (κ3) is 4.34. The van der Waals surface area contributed by atoms with Gasteiger partial charge < -0.3 is 11.1 Å². The number of primary amides is 1. The number of halogens is 1. The Morgan fingerprint density at radius 1 is 1.12 bits per heavy atom. The number of aryl methyl sites for hydroxylation is 1. The van der Waals surface area contributed by atoms with Crippen molar-refractivity contribution in [2.75, 3.05) is 5.32 Å². The van der Waals surface area contributed by atoms with Crippen LogP contribution in [0.4, 0.5) is 5.00 Å². The Labute approximate surface area is 162 Å². The fourth-order valence-corrected chi connectivity index (χ4v) is 4.69. The van der Waals surface area contributed by atoms with Crippen molar-refractivity contribution in [3.05, 3.63) is 56.9 Å². The molecule has 6 heteroatoms. The Bertz CT molecular complexity index is 857. The van der Waals surface area contributed by atoms with Crippen molar-refractivity contribution < 1.29 is 9.59 Å². The molecule has 3 N–H and O–H groups in total. The first-order valence-electron chi connectivity index (χ1n) is 8.74. The number of hydrogen-bond donors (Lipinski definition) is 2. The van der Waals surface area contributed by atoms with E-state index in [0.29, 0.717) is 15.6 Å². The van der Waals surface area contributed by atoms with Crippen molar-refractivity contribution in [2.45, 2.75) is 38.5 Å². The van der Waals surface area contributed by atoms with Crippen LogP contribution in [-0.4, -0.2) is 11.8 Å². The van der Waals surface area contributed by atoms with Gasteiger partial charge in [-0.2, -0.15) is 0 Å². The number of amides is 2. The lowest BCUT2D eigenvalue weighted by Crippen LogP contribution is -2.17. The molecule has 1 aliphatic rings. The van der Waals surface area contributed by atoms with E-state index in [2.05, 4.69) is 5.32 Å². The second-order valence-electron chi connectivity index (χ2n) is 6.33. The summed E-state index contributed by atoms with van der Waals surface area (Å²) in [4.78, 5) is 25.5. The number of carbonyl (C=O) groups excluding carboxylic acids is 2. The molecule has 2 amide bonds. The third-order valence-electron chi connectivity index (χ3n) is 4.47. The molecule has 0 unspecified atom stereocenters. The molecule has 2 aromatic rings. The molecule has 0 aliphatic heterocycles. The van der Waals surface area contributed by atoms with Crippen LogP contribution in [0.25, 0.3) is 6.08 Å². The highest BCUT2D eigenvalue weighted by Crippen LogP contribution is 2.36. The van der Waals surface area contributed by atoms with Crippen LogP contribution in [0.15, 0.2) is 30.3 Å². The lowest BCUT2D eigenvalue weighted by atomic mass is 9.96. The summed E-state index contributed by atoms with van der Waals surface area (Å²) in [7, 11) is 0. The minimum atomic E-state index is -0.478. The number of fused-ring (bicyclic) bond motifs is 1. The van der Waals surface area contributed by atoms with Gasteiger partial charge in [-0.3, -0.25) is 9.59 Å². The number of nitrogens with two attached hydrogens (primary N) is 1. The number of nitrogens with one attached hydrogen (secondary N) is 1. The van der Waals surface area contributed by atoms with Gasteiger partial charge in [-0.15, -0.1) is 11.3 Å². The molecule has 136 valence electrons. The lowest BCUT2D eigenvalue weighted by molar-refractivity contribution is -0.111. The Morgan fingerprint density at radius 3 is 2.58 bits per heavy atom. The highest BCUT2D eigenvalue weighted by atomic mass is 35.5. The van der Waals surface area contributed by atoms with E-state index in [9.17, 15) is 9.59 Å². The first kappa shape index (κ1) is 18.7. The van der Waals surface area contributed by atoms with Crippen LogP contribution in [0.2, 0.25) is 5.02 Å². The fourth-order valence-electron chi connectivity index (χ4n) is 3.20. The van der Waals surface area contributed by atoms with E-state index in [1.807, 2.05) is 18.2 Å². The molecule has 0 bridgehead atoms. The van der Waals surface area contributed by atoms with E-state index in [-0.39, 0.29) is 5.91 Å². The van der Waals surface area contributed by atoms with Gasteiger partial charge in [0.2, 0.25) is 5.91 Å². The molecule has 1 heterocycles. The Kier molecular flexibility index (Phi) is 6.12. The molecular formula is C20H21ClN2O2S. The van der Waals surface area contributed by atoms with E-state index in [0.717, 1.165) is 43.2 Å². The first-order chi connectivity index (χ1) is 12.6. The maximum Gasteiger partial charge on any atom is 0.251 e. The van der Waals surface area contributed by atoms with Crippen molar-refractivity contribution in [1.82, 2.24) is 0 Å². The predicted octanol–water partition coefficient (Wildman–Crippen LogP) is 4.81. The zero-order valence-electron chi connectivity index (χ0n) is 14.4. The summed E-state index contributed by atoms with van der Waals surface area (Å²) in [5.74, 6) is -0.782. The van der Waals surface area contributed by atoms with E-state index in [1.54, 1.807) is 12.1 Å². The SMILES string of the molecule is NC(=O)c1c(NC(=O)/C=C\c2ccccc2Cl)sc2c1CCCCCC2. The van der Waals surface area contributed by atoms with Gasteiger partial charge in [-0.05, 0) is 49.0 Å². The topological polar surface area (TPSA) is 72.2 Å². The minimum Gasteiger partial charge on any atom is -0.365 e. The summed E-state index contributed by atoms with van der Waals surface area (Å²) in [5.41, 5.74) is 7.88. The summed E-state index contributed by atoms with van der Waals surface area (Å²) < 4.78 is 0. The van der Waals surface area contributed by atoms with Crippen molar-refractivity contribution in [3.8, 4) is 0 Å². The van der Waals surface area contributed by atoms with Crippen LogP contribution in [-0.2, 0) is 17.6 Å². The number of anilines is 1. The maximum absolute atomic E-state index is 12.3. The minimum absolute atomic E-state index is 0.304. The number of thiophene rings is 1. The molecule has 1 aliphatic carbocycles. The average Bonchev–Trinajstić information content (AvgIpc) is 2.90. The van der Waals surface area contributed by atoms with Crippen LogP contribution < -0.4 is 11.1 Å². The molecule has 0 saturated carbocycles. The Morgan fingerprint density at radius 2 is 1.85 bits per heavy atom. The second kappa shape index (κ2) is 8.52. The molecule has 1 aromatic heterocycles. The van der Waals surface area contributed by atoms with Crippen LogP contribution in [0.3, 0.4) is 0 Å². The summed E-state index contributed by atoms with van der Waals surface area (Å²) in [6.07, 6.45) is 9.37. The Hall–Kier alpha value is -2.11. The molecule has 0 fully saturated rings. The summed E-state index contributed by atoms with van der Waals surface area (Å²) in [5, 5.41) is 3.96. The molecule has 3 rings (SSSR count). The van der Waals surface area contributed by atoms with Crippen LogP contribution in [0.1, 0.15) is 52.0 Å². The third-order valence-corrected chi connectivity index (χ3v) is 6.03. The largest absolute Gasteiger partial charge is 0.365 e. The molecule has 0 atom stereocenters. The van der Waals surface area contributed by atoms with Gasteiger partial charge in [0.25, 0.3) is 5.91 Å². The second-order valence-corrected chi connectivity index (χ2v) is 7.84.